The van der Waals surface area contributed by atoms with Gasteiger partial charge >= 0.3 is 0 Å². The average molecular weight is 314 g/mol. The van der Waals surface area contributed by atoms with Crippen LogP contribution in [0.3, 0.4) is 0 Å². The number of ketones is 1. The van der Waals surface area contributed by atoms with Crippen LogP contribution in [0.4, 0.5) is 0 Å². The molecule has 5 nitrogen and oxygen atoms in total. The van der Waals surface area contributed by atoms with Crippen molar-refractivity contribution in [3.63, 3.8) is 0 Å². The minimum Gasteiger partial charge on any atom is -0.504 e. The first-order valence-electron chi connectivity index (χ1n) is 7.10. The zero-order valence-electron chi connectivity index (χ0n) is 12.9. The first-order valence-corrected chi connectivity index (χ1v) is 7.10. The molecule has 0 bridgehead atoms. The van der Waals surface area contributed by atoms with Gasteiger partial charge < -0.3 is 19.7 Å². The van der Waals surface area contributed by atoms with Gasteiger partial charge in [0.1, 0.15) is 0 Å². The number of ether oxygens (including phenoxy) is 2. The van der Waals surface area contributed by atoms with E-state index < -0.39 is 0 Å². The molecular formula is C18H18O5. The van der Waals surface area contributed by atoms with E-state index in [0.717, 1.165) is 5.56 Å². The lowest BCUT2D eigenvalue weighted by molar-refractivity contribution is 0.104. The molecule has 0 saturated heterocycles. The van der Waals surface area contributed by atoms with Crippen LogP contribution in [0, 0.1) is 0 Å². The molecule has 0 spiro atoms. The van der Waals surface area contributed by atoms with Gasteiger partial charge in [-0.25, -0.2) is 0 Å². The molecule has 2 aromatic carbocycles. The summed E-state index contributed by atoms with van der Waals surface area (Å²) < 4.78 is 10.7. The number of carbonyl (C=O) groups excluding carboxylic acids is 1. The van der Waals surface area contributed by atoms with Gasteiger partial charge in [-0.2, -0.15) is 0 Å². The van der Waals surface area contributed by atoms with Crippen LogP contribution in [0.25, 0.3) is 6.08 Å². The van der Waals surface area contributed by atoms with Crippen molar-refractivity contribution < 1.29 is 24.5 Å². The van der Waals surface area contributed by atoms with Crippen molar-refractivity contribution >= 4 is 11.9 Å². The lowest BCUT2D eigenvalue weighted by Crippen LogP contribution is -1.96. The van der Waals surface area contributed by atoms with Crippen LogP contribution in [0.5, 0.6) is 23.0 Å². The maximum atomic E-state index is 12.1. The zero-order valence-corrected chi connectivity index (χ0v) is 12.9. The Morgan fingerprint density at radius 2 is 1.87 bits per heavy atom. The fraction of sp³-hybridized carbons (Fsp3) is 0.167. The van der Waals surface area contributed by atoms with Crippen molar-refractivity contribution in [3.8, 4) is 23.0 Å². The minimum atomic E-state index is -0.327. The predicted molar refractivity (Wildman–Crippen MR) is 87.3 cm³/mol. The fourth-order valence-corrected chi connectivity index (χ4v) is 2.01. The van der Waals surface area contributed by atoms with E-state index in [4.69, 9.17) is 9.47 Å². The number of phenolic OH excluding ortho intramolecular Hbond substituents is 2. The number of allylic oxidation sites excluding steroid dienone is 1. The summed E-state index contributed by atoms with van der Waals surface area (Å²) in [5.41, 5.74) is 1.07. The number of rotatable bonds is 6. The molecule has 0 aromatic heterocycles. The number of hydrogen-bond acceptors (Lipinski definition) is 5. The molecule has 0 amide bonds. The van der Waals surface area contributed by atoms with Crippen LogP contribution in [-0.4, -0.2) is 29.7 Å². The molecule has 2 aromatic rings. The Labute approximate surface area is 134 Å². The molecule has 0 heterocycles. The van der Waals surface area contributed by atoms with Gasteiger partial charge in [-0.3, -0.25) is 4.79 Å². The van der Waals surface area contributed by atoms with E-state index in [1.807, 2.05) is 6.92 Å². The topological polar surface area (TPSA) is 76.0 Å². The van der Waals surface area contributed by atoms with Crippen molar-refractivity contribution in [1.82, 2.24) is 0 Å². The summed E-state index contributed by atoms with van der Waals surface area (Å²) in [4.78, 5) is 12.1. The van der Waals surface area contributed by atoms with Gasteiger partial charge in [0.25, 0.3) is 0 Å². The Balaban J connectivity index is 2.20. The smallest absolute Gasteiger partial charge is 0.185 e. The summed E-state index contributed by atoms with van der Waals surface area (Å²) in [6.45, 7) is 2.39. The van der Waals surface area contributed by atoms with E-state index in [2.05, 4.69) is 0 Å². The maximum absolute atomic E-state index is 12.1. The monoisotopic (exact) mass is 314 g/mol. The fourth-order valence-electron chi connectivity index (χ4n) is 2.01. The first kappa shape index (κ1) is 16.4. The van der Waals surface area contributed by atoms with Gasteiger partial charge in [0, 0.05) is 5.56 Å². The third-order valence-electron chi connectivity index (χ3n) is 3.17. The predicted octanol–water partition coefficient (Wildman–Crippen LogP) is 3.40. The van der Waals surface area contributed by atoms with Gasteiger partial charge in [0.2, 0.25) is 0 Å². The average Bonchev–Trinajstić information content (AvgIpc) is 2.55. The summed E-state index contributed by atoms with van der Waals surface area (Å²) in [5, 5.41) is 18.7. The SMILES string of the molecule is CCOc1cc(/C=C/C(=O)c2ccc(O)c(O)c2)ccc1OC. The standard InChI is InChI=1S/C18H18O5/c1-3-23-18-10-12(5-9-17(18)22-2)4-7-14(19)13-6-8-15(20)16(21)11-13/h4-11,20-21H,3H2,1-2H3/b7-4+. The molecule has 0 aliphatic heterocycles. The summed E-state index contributed by atoms with van der Waals surface area (Å²) >= 11 is 0. The molecule has 0 radical (unpaired) electrons. The quantitative estimate of drug-likeness (QED) is 0.485. The lowest BCUT2D eigenvalue weighted by Gasteiger charge is -2.09. The Bertz CT molecular complexity index is 734. The molecule has 0 saturated carbocycles. The van der Waals surface area contributed by atoms with Crippen LogP contribution < -0.4 is 9.47 Å². The van der Waals surface area contributed by atoms with Crippen LogP contribution in [0.1, 0.15) is 22.8 Å². The number of carbonyl (C=O) groups is 1. The third kappa shape index (κ3) is 4.03. The van der Waals surface area contributed by atoms with E-state index in [1.54, 1.807) is 31.4 Å². The normalized spacial score (nSPS) is 10.7. The number of phenols is 2. The third-order valence-corrected chi connectivity index (χ3v) is 3.17. The minimum absolute atomic E-state index is 0.262. The number of aromatic hydroxyl groups is 2. The molecule has 2 rings (SSSR count). The molecule has 5 heteroatoms. The van der Waals surface area contributed by atoms with Gasteiger partial charge in [-0.15, -0.1) is 0 Å². The van der Waals surface area contributed by atoms with Crippen LogP contribution in [0.2, 0.25) is 0 Å². The molecule has 0 aliphatic carbocycles. The van der Waals surface area contributed by atoms with Gasteiger partial charge in [0.05, 0.1) is 13.7 Å². The highest BCUT2D eigenvalue weighted by atomic mass is 16.5. The second-order valence-corrected chi connectivity index (χ2v) is 4.74. The molecule has 0 aliphatic rings. The zero-order chi connectivity index (χ0) is 16.8. The van der Waals surface area contributed by atoms with Crippen LogP contribution in [-0.2, 0) is 0 Å². The number of benzene rings is 2. The van der Waals surface area contributed by atoms with Crippen molar-refractivity contribution in [1.29, 1.82) is 0 Å². The Morgan fingerprint density at radius 3 is 2.52 bits per heavy atom. The highest BCUT2D eigenvalue weighted by molar-refractivity contribution is 6.07. The largest absolute Gasteiger partial charge is 0.504 e. The van der Waals surface area contributed by atoms with E-state index >= 15 is 0 Å². The molecular weight excluding hydrogens is 296 g/mol. The van der Waals surface area contributed by atoms with Crippen molar-refractivity contribution in [2.24, 2.45) is 0 Å². The Hall–Kier alpha value is -2.95. The summed E-state index contributed by atoms with van der Waals surface area (Å²) in [6, 6.07) is 9.29. The van der Waals surface area contributed by atoms with E-state index in [0.29, 0.717) is 18.1 Å². The summed E-state index contributed by atoms with van der Waals surface area (Å²) in [6.07, 6.45) is 3.04. The Kier molecular flexibility index (Phi) is 5.25. The van der Waals surface area contributed by atoms with E-state index in [9.17, 15) is 15.0 Å². The lowest BCUT2D eigenvalue weighted by atomic mass is 10.1. The summed E-state index contributed by atoms with van der Waals surface area (Å²) in [7, 11) is 1.56. The van der Waals surface area contributed by atoms with Gasteiger partial charge in [0.15, 0.2) is 28.8 Å². The van der Waals surface area contributed by atoms with E-state index in [1.165, 1.54) is 24.3 Å². The highest BCUT2D eigenvalue weighted by Crippen LogP contribution is 2.29. The number of methoxy groups -OCH3 is 1. The van der Waals surface area contributed by atoms with Crippen LogP contribution >= 0.6 is 0 Å². The molecule has 0 unspecified atom stereocenters. The second kappa shape index (κ2) is 7.35. The van der Waals surface area contributed by atoms with Crippen molar-refractivity contribution in [2.75, 3.05) is 13.7 Å². The van der Waals surface area contributed by atoms with Gasteiger partial charge in [-0.1, -0.05) is 12.1 Å². The molecule has 0 atom stereocenters. The molecule has 23 heavy (non-hydrogen) atoms. The molecule has 2 N–H and O–H groups in total. The highest BCUT2D eigenvalue weighted by Gasteiger charge is 2.07. The number of hydrogen-bond donors (Lipinski definition) is 2. The molecule has 0 fully saturated rings. The van der Waals surface area contributed by atoms with Crippen molar-refractivity contribution in [2.45, 2.75) is 6.92 Å². The first-order chi connectivity index (χ1) is 11.0. The second-order valence-electron chi connectivity index (χ2n) is 4.74. The molecule has 120 valence electrons. The van der Waals surface area contributed by atoms with Crippen molar-refractivity contribution in [3.05, 3.63) is 53.6 Å². The maximum Gasteiger partial charge on any atom is 0.185 e. The van der Waals surface area contributed by atoms with E-state index in [-0.39, 0.29) is 22.8 Å². The summed E-state index contributed by atoms with van der Waals surface area (Å²) in [5.74, 6) is 0.356. The van der Waals surface area contributed by atoms with Gasteiger partial charge in [-0.05, 0) is 48.9 Å². The van der Waals surface area contributed by atoms with Crippen LogP contribution in [0.15, 0.2) is 42.5 Å². The Morgan fingerprint density at radius 1 is 1.09 bits per heavy atom.